The van der Waals surface area contributed by atoms with Crippen LogP contribution in [0.15, 0.2) is 200 Å². The van der Waals surface area contributed by atoms with Crippen molar-refractivity contribution >= 4 is 0 Å². The molecule has 2 heterocycles. The van der Waals surface area contributed by atoms with Crippen LogP contribution in [0.5, 0.6) is 0 Å². The molecule has 0 atom stereocenters. The van der Waals surface area contributed by atoms with Crippen molar-refractivity contribution in [1.29, 1.82) is 0 Å². The summed E-state index contributed by atoms with van der Waals surface area (Å²) in [5.74, 6) is 0.699. The SMILES string of the molecule is CC1(C)c2ccccc2-c2ccc(-c3cccc(-c4cccc(-c5cccc(-c6cc(-c7ccc(-c8ccncc8)cc7)nc(-c7ccccc7)n6)c5)c4)c3)cc21. The molecule has 0 fully saturated rings. The van der Waals surface area contributed by atoms with E-state index in [0.717, 1.165) is 50.3 Å². The minimum Gasteiger partial charge on any atom is -0.265 e. The fourth-order valence-electron chi connectivity index (χ4n) is 8.34. The molecule has 1 aliphatic carbocycles. The molecule has 7 aromatic carbocycles. The number of benzene rings is 7. The summed E-state index contributed by atoms with van der Waals surface area (Å²) in [4.78, 5) is 14.4. The Balaban J connectivity index is 0.981. The first-order valence-electron chi connectivity index (χ1n) is 19.5. The van der Waals surface area contributed by atoms with E-state index in [4.69, 9.17) is 9.97 Å². The third-order valence-corrected chi connectivity index (χ3v) is 11.4. The molecule has 270 valence electrons. The first-order chi connectivity index (χ1) is 28.0. The van der Waals surface area contributed by atoms with E-state index in [-0.39, 0.29) is 5.41 Å². The van der Waals surface area contributed by atoms with Crippen LogP contribution in [-0.4, -0.2) is 15.0 Å². The van der Waals surface area contributed by atoms with E-state index in [9.17, 15) is 0 Å². The molecule has 3 nitrogen and oxygen atoms in total. The number of hydrogen-bond donors (Lipinski definition) is 0. The van der Waals surface area contributed by atoms with Crippen LogP contribution in [0.4, 0.5) is 0 Å². The maximum absolute atomic E-state index is 5.13. The smallest absolute Gasteiger partial charge is 0.160 e. The van der Waals surface area contributed by atoms with Crippen molar-refractivity contribution in [3.05, 3.63) is 212 Å². The van der Waals surface area contributed by atoms with Crippen molar-refractivity contribution < 1.29 is 0 Å². The van der Waals surface area contributed by atoms with Gasteiger partial charge in [-0.25, -0.2) is 9.97 Å². The van der Waals surface area contributed by atoms with Gasteiger partial charge in [-0.2, -0.15) is 0 Å². The van der Waals surface area contributed by atoms with Crippen LogP contribution in [0, 0.1) is 0 Å². The van der Waals surface area contributed by atoms with Crippen molar-refractivity contribution in [1.82, 2.24) is 15.0 Å². The Bertz CT molecular complexity index is 2910. The van der Waals surface area contributed by atoms with Gasteiger partial charge >= 0.3 is 0 Å². The van der Waals surface area contributed by atoms with E-state index in [1.165, 1.54) is 44.5 Å². The highest BCUT2D eigenvalue weighted by atomic mass is 14.9. The van der Waals surface area contributed by atoms with Crippen LogP contribution in [0.1, 0.15) is 25.0 Å². The summed E-state index contributed by atoms with van der Waals surface area (Å²) in [7, 11) is 0. The zero-order valence-electron chi connectivity index (χ0n) is 31.9. The summed E-state index contributed by atoms with van der Waals surface area (Å²) in [5.41, 5.74) is 19.6. The van der Waals surface area contributed by atoms with Gasteiger partial charge in [0, 0.05) is 34.5 Å². The molecule has 9 aromatic rings. The molecule has 3 heteroatoms. The monoisotopic (exact) mass is 729 g/mol. The second kappa shape index (κ2) is 14.1. The van der Waals surface area contributed by atoms with Crippen molar-refractivity contribution in [2.24, 2.45) is 0 Å². The van der Waals surface area contributed by atoms with E-state index in [0.29, 0.717) is 5.82 Å². The van der Waals surface area contributed by atoms with Crippen molar-refractivity contribution in [3.8, 4) is 89.5 Å². The van der Waals surface area contributed by atoms with Gasteiger partial charge in [-0.05, 0) is 109 Å². The van der Waals surface area contributed by atoms with E-state index in [1.807, 2.05) is 42.7 Å². The van der Waals surface area contributed by atoms with Crippen molar-refractivity contribution in [2.45, 2.75) is 19.3 Å². The van der Waals surface area contributed by atoms with Crippen LogP contribution in [0.2, 0.25) is 0 Å². The summed E-state index contributed by atoms with van der Waals surface area (Å²) >= 11 is 0. The van der Waals surface area contributed by atoms with Crippen LogP contribution in [0.25, 0.3) is 89.5 Å². The number of aromatic nitrogens is 3. The molecular weight excluding hydrogens is 691 g/mol. The number of rotatable bonds is 7. The van der Waals surface area contributed by atoms with E-state index >= 15 is 0 Å². The third kappa shape index (κ3) is 6.43. The minimum absolute atomic E-state index is 0.0364. The maximum Gasteiger partial charge on any atom is 0.160 e. The average Bonchev–Trinajstić information content (AvgIpc) is 3.52. The second-order valence-electron chi connectivity index (χ2n) is 15.3. The molecule has 0 unspecified atom stereocenters. The van der Waals surface area contributed by atoms with E-state index < -0.39 is 0 Å². The minimum atomic E-state index is -0.0364. The largest absolute Gasteiger partial charge is 0.265 e. The number of fused-ring (bicyclic) bond motifs is 3. The van der Waals surface area contributed by atoms with Gasteiger partial charge in [-0.1, -0.05) is 159 Å². The molecule has 0 saturated heterocycles. The zero-order valence-corrected chi connectivity index (χ0v) is 31.9. The zero-order chi connectivity index (χ0) is 38.3. The van der Waals surface area contributed by atoms with Gasteiger partial charge in [-0.3, -0.25) is 4.98 Å². The molecular formula is C54H39N3. The molecule has 0 saturated carbocycles. The Morgan fingerprint density at radius 2 is 0.772 bits per heavy atom. The van der Waals surface area contributed by atoms with Crippen LogP contribution < -0.4 is 0 Å². The van der Waals surface area contributed by atoms with Gasteiger partial charge in [0.25, 0.3) is 0 Å². The highest BCUT2D eigenvalue weighted by Gasteiger charge is 2.35. The Labute approximate surface area is 334 Å². The van der Waals surface area contributed by atoms with Gasteiger partial charge in [0.1, 0.15) is 0 Å². The van der Waals surface area contributed by atoms with Crippen LogP contribution in [0.3, 0.4) is 0 Å². The quantitative estimate of drug-likeness (QED) is 0.164. The summed E-state index contributed by atoms with van der Waals surface area (Å²) in [6, 6.07) is 67.2. The van der Waals surface area contributed by atoms with Crippen LogP contribution >= 0.6 is 0 Å². The van der Waals surface area contributed by atoms with Gasteiger partial charge in [0.15, 0.2) is 5.82 Å². The number of hydrogen-bond acceptors (Lipinski definition) is 3. The molecule has 0 N–H and O–H groups in total. The number of nitrogens with zero attached hydrogens (tertiary/aromatic N) is 3. The van der Waals surface area contributed by atoms with Crippen molar-refractivity contribution in [2.75, 3.05) is 0 Å². The lowest BCUT2D eigenvalue weighted by Crippen LogP contribution is -2.14. The Morgan fingerprint density at radius 1 is 0.316 bits per heavy atom. The van der Waals surface area contributed by atoms with Gasteiger partial charge in [0.2, 0.25) is 0 Å². The number of pyridine rings is 1. The van der Waals surface area contributed by atoms with Gasteiger partial charge in [-0.15, -0.1) is 0 Å². The fraction of sp³-hybridized carbons (Fsp3) is 0.0556. The summed E-state index contributed by atoms with van der Waals surface area (Å²) in [6.07, 6.45) is 3.65. The highest BCUT2D eigenvalue weighted by molar-refractivity contribution is 5.85. The molecule has 0 aliphatic heterocycles. The van der Waals surface area contributed by atoms with Gasteiger partial charge < -0.3 is 0 Å². The summed E-state index contributed by atoms with van der Waals surface area (Å²) in [6.45, 7) is 4.68. The van der Waals surface area contributed by atoms with Gasteiger partial charge in [0.05, 0.1) is 11.4 Å². The predicted molar refractivity (Wildman–Crippen MR) is 235 cm³/mol. The second-order valence-corrected chi connectivity index (χ2v) is 15.3. The standard InChI is InChI=1S/C54H39N3/c1-54(2)49-20-7-6-19-47(49)48-26-25-45(34-50(48)54)43-16-9-14-41(32-43)40-13-8-15-42(31-40)44-17-10-18-46(33-44)52-35-51(56-53(57-52)39-11-4-3-5-12-39)38-23-21-36(22-24-38)37-27-29-55-30-28-37/h3-35H,1-2H3. The first kappa shape index (κ1) is 34.3. The van der Waals surface area contributed by atoms with E-state index in [2.05, 4.69) is 177 Å². The lowest BCUT2D eigenvalue weighted by Gasteiger charge is -2.22. The third-order valence-electron chi connectivity index (χ3n) is 11.4. The molecule has 1 aliphatic rings. The lowest BCUT2D eigenvalue weighted by atomic mass is 9.81. The Kier molecular flexibility index (Phi) is 8.49. The summed E-state index contributed by atoms with van der Waals surface area (Å²) < 4.78 is 0. The molecule has 57 heavy (non-hydrogen) atoms. The van der Waals surface area contributed by atoms with Crippen molar-refractivity contribution in [3.63, 3.8) is 0 Å². The van der Waals surface area contributed by atoms with E-state index in [1.54, 1.807) is 0 Å². The molecule has 10 rings (SSSR count). The highest BCUT2D eigenvalue weighted by Crippen LogP contribution is 2.49. The average molecular weight is 730 g/mol. The lowest BCUT2D eigenvalue weighted by molar-refractivity contribution is 0.660. The Morgan fingerprint density at radius 3 is 1.42 bits per heavy atom. The molecule has 2 aromatic heterocycles. The maximum atomic E-state index is 5.13. The predicted octanol–water partition coefficient (Wildman–Crippen LogP) is 13.8. The normalized spacial score (nSPS) is 12.5. The fourth-order valence-corrected chi connectivity index (χ4v) is 8.34. The molecule has 0 amide bonds. The first-order valence-corrected chi connectivity index (χ1v) is 19.5. The molecule has 0 bridgehead atoms. The topological polar surface area (TPSA) is 38.7 Å². The van der Waals surface area contributed by atoms with Crippen LogP contribution in [-0.2, 0) is 5.41 Å². The Hall–Kier alpha value is -7.23. The molecule has 0 spiro atoms. The molecule has 0 radical (unpaired) electrons. The summed E-state index contributed by atoms with van der Waals surface area (Å²) in [5, 5.41) is 0.